The molecule has 2 aromatic rings. The molecule has 1 atom stereocenters. The maximum absolute atomic E-state index is 12.5. The Balaban J connectivity index is 1.82. The van der Waals surface area contributed by atoms with Crippen LogP contribution >= 0.6 is 0 Å². The molecule has 120 valence electrons. The summed E-state index contributed by atoms with van der Waals surface area (Å²) in [5, 5.41) is 5.41. The van der Waals surface area contributed by atoms with E-state index in [1.165, 1.54) is 0 Å². The minimum absolute atomic E-state index is 0.190. The average Bonchev–Trinajstić information content (AvgIpc) is 3.09. The van der Waals surface area contributed by atoms with Crippen LogP contribution < -0.4 is 16.4 Å². The van der Waals surface area contributed by atoms with Crippen LogP contribution in [0.4, 0.5) is 10.5 Å². The van der Waals surface area contributed by atoms with Crippen molar-refractivity contribution in [3.8, 4) is 0 Å². The highest BCUT2D eigenvalue weighted by atomic mass is 16.5. The van der Waals surface area contributed by atoms with Crippen molar-refractivity contribution in [3.63, 3.8) is 0 Å². The van der Waals surface area contributed by atoms with Gasteiger partial charge in [0.2, 0.25) is 0 Å². The number of amides is 3. The summed E-state index contributed by atoms with van der Waals surface area (Å²) in [5.74, 6) is 0.342. The van der Waals surface area contributed by atoms with Crippen LogP contribution in [-0.4, -0.2) is 18.5 Å². The third-order valence-electron chi connectivity index (χ3n) is 4.17. The quantitative estimate of drug-likeness (QED) is 0.741. The monoisotopic (exact) mass is 321 g/mol. The van der Waals surface area contributed by atoms with Crippen LogP contribution in [0.5, 0.6) is 0 Å². The van der Waals surface area contributed by atoms with Crippen LogP contribution in [0.2, 0.25) is 0 Å². The van der Waals surface area contributed by atoms with E-state index in [0.717, 1.165) is 22.4 Å². The van der Waals surface area contributed by atoms with Crippen LogP contribution in [0.25, 0.3) is 11.3 Å². The number of benzene rings is 2. The summed E-state index contributed by atoms with van der Waals surface area (Å²) < 4.78 is 6.04. The SMILES string of the molecule is NC(=O)NCC1O/C(=C2/C(=O)Nc3ccccc32)c2ccccc21. The maximum atomic E-state index is 12.5. The molecule has 2 aliphatic heterocycles. The molecule has 2 aromatic carbocycles. The number of carbonyl (C=O) groups excluding carboxylic acids is 2. The first-order chi connectivity index (χ1) is 11.6. The lowest BCUT2D eigenvalue weighted by Crippen LogP contribution is -2.32. The Kier molecular flexibility index (Phi) is 3.23. The molecule has 6 nitrogen and oxygen atoms in total. The van der Waals surface area contributed by atoms with E-state index in [9.17, 15) is 9.59 Å². The van der Waals surface area contributed by atoms with Crippen molar-refractivity contribution in [2.75, 3.05) is 11.9 Å². The largest absolute Gasteiger partial charge is 0.482 e. The fourth-order valence-electron chi connectivity index (χ4n) is 3.13. The molecule has 0 saturated heterocycles. The number of carbonyl (C=O) groups is 2. The average molecular weight is 321 g/mol. The number of fused-ring (bicyclic) bond motifs is 2. The van der Waals surface area contributed by atoms with Crippen LogP contribution in [0.3, 0.4) is 0 Å². The second-order valence-electron chi connectivity index (χ2n) is 5.64. The van der Waals surface area contributed by atoms with Crippen molar-refractivity contribution < 1.29 is 14.3 Å². The van der Waals surface area contributed by atoms with Gasteiger partial charge in [-0.25, -0.2) is 4.79 Å². The number of ether oxygens (including phenoxy) is 1. The first-order valence-electron chi connectivity index (χ1n) is 7.59. The summed E-state index contributed by atoms with van der Waals surface area (Å²) >= 11 is 0. The van der Waals surface area contributed by atoms with Gasteiger partial charge >= 0.3 is 6.03 Å². The summed E-state index contributed by atoms with van der Waals surface area (Å²) in [4.78, 5) is 23.5. The van der Waals surface area contributed by atoms with Crippen LogP contribution in [0.15, 0.2) is 48.5 Å². The highest BCUT2D eigenvalue weighted by Crippen LogP contribution is 2.45. The minimum atomic E-state index is -0.610. The van der Waals surface area contributed by atoms with E-state index >= 15 is 0 Å². The topological polar surface area (TPSA) is 93.5 Å². The molecule has 0 aromatic heterocycles. The first kappa shape index (κ1) is 14.3. The summed E-state index contributed by atoms with van der Waals surface area (Å²) in [5.41, 5.74) is 9.03. The van der Waals surface area contributed by atoms with Gasteiger partial charge in [-0.3, -0.25) is 4.79 Å². The smallest absolute Gasteiger partial charge is 0.312 e. The number of urea groups is 1. The van der Waals surface area contributed by atoms with Gasteiger partial charge in [0.25, 0.3) is 5.91 Å². The Morgan fingerprint density at radius 3 is 2.62 bits per heavy atom. The highest BCUT2D eigenvalue weighted by Gasteiger charge is 2.35. The molecular formula is C18H15N3O3. The normalized spacial score (nSPS) is 20.8. The lowest BCUT2D eigenvalue weighted by Gasteiger charge is -2.12. The molecule has 0 spiro atoms. The van der Waals surface area contributed by atoms with E-state index in [4.69, 9.17) is 10.5 Å². The van der Waals surface area contributed by atoms with Crippen molar-refractivity contribution in [3.05, 3.63) is 65.2 Å². The van der Waals surface area contributed by atoms with Crippen LogP contribution in [0, 0.1) is 0 Å². The van der Waals surface area contributed by atoms with E-state index in [0.29, 0.717) is 11.3 Å². The fourth-order valence-corrected chi connectivity index (χ4v) is 3.13. The van der Waals surface area contributed by atoms with E-state index in [1.54, 1.807) is 0 Å². The van der Waals surface area contributed by atoms with Gasteiger partial charge in [0.1, 0.15) is 11.9 Å². The van der Waals surface area contributed by atoms with Gasteiger partial charge in [0, 0.05) is 22.4 Å². The van der Waals surface area contributed by atoms with Crippen molar-refractivity contribution in [2.24, 2.45) is 5.73 Å². The number of para-hydroxylation sites is 1. The van der Waals surface area contributed by atoms with Crippen molar-refractivity contribution >= 4 is 29.0 Å². The molecule has 4 N–H and O–H groups in total. The maximum Gasteiger partial charge on any atom is 0.312 e. The summed E-state index contributed by atoms with van der Waals surface area (Å²) in [6.45, 7) is 0.242. The molecule has 6 heteroatoms. The molecule has 0 saturated carbocycles. The molecule has 24 heavy (non-hydrogen) atoms. The molecule has 0 bridgehead atoms. The minimum Gasteiger partial charge on any atom is -0.482 e. The number of hydrogen-bond donors (Lipinski definition) is 3. The highest BCUT2D eigenvalue weighted by molar-refractivity contribution is 6.36. The molecule has 3 amide bonds. The predicted molar refractivity (Wildman–Crippen MR) is 89.7 cm³/mol. The lowest BCUT2D eigenvalue weighted by molar-refractivity contribution is -0.110. The fraction of sp³-hybridized carbons (Fsp3) is 0.111. The van der Waals surface area contributed by atoms with Crippen molar-refractivity contribution in [1.82, 2.24) is 5.32 Å². The number of hydrogen-bond acceptors (Lipinski definition) is 3. The zero-order valence-electron chi connectivity index (χ0n) is 12.7. The summed E-state index contributed by atoms with van der Waals surface area (Å²) in [6, 6.07) is 14.5. The molecule has 2 aliphatic rings. The van der Waals surface area contributed by atoms with E-state index in [1.807, 2.05) is 48.5 Å². The molecule has 0 fully saturated rings. The van der Waals surface area contributed by atoms with Gasteiger partial charge in [-0.1, -0.05) is 42.5 Å². The molecule has 0 aliphatic carbocycles. The predicted octanol–water partition coefficient (Wildman–Crippen LogP) is 2.25. The van der Waals surface area contributed by atoms with Gasteiger partial charge in [0.05, 0.1) is 12.1 Å². The second-order valence-corrected chi connectivity index (χ2v) is 5.64. The van der Waals surface area contributed by atoms with Gasteiger partial charge in [-0.05, 0) is 6.07 Å². The first-order valence-corrected chi connectivity index (χ1v) is 7.59. The number of primary amides is 1. The lowest BCUT2D eigenvalue weighted by atomic mass is 9.99. The number of nitrogens with one attached hydrogen (secondary N) is 2. The summed E-state index contributed by atoms with van der Waals surface area (Å²) in [6.07, 6.45) is -0.378. The zero-order valence-corrected chi connectivity index (χ0v) is 12.7. The van der Waals surface area contributed by atoms with Crippen molar-refractivity contribution in [1.29, 1.82) is 0 Å². The zero-order chi connectivity index (χ0) is 16.7. The number of anilines is 1. The van der Waals surface area contributed by atoms with E-state index in [2.05, 4.69) is 10.6 Å². The third-order valence-corrected chi connectivity index (χ3v) is 4.17. The Morgan fingerprint density at radius 2 is 1.83 bits per heavy atom. The number of nitrogens with two attached hydrogens (primary N) is 1. The number of rotatable bonds is 2. The molecular weight excluding hydrogens is 306 g/mol. The van der Waals surface area contributed by atoms with E-state index < -0.39 is 6.03 Å². The molecule has 0 radical (unpaired) electrons. The van der Waals surface area contributed by atoms with E-state index in [-0.39, 0.29) is 18.6 Å². The molecule has 2 heterocycles. The second kappa shape index (κ2) is 5.42. The standard InChI is InChI=1S/C18H15N3O3/c19-18(23)20-9-14-10-5-1-2-6-11(10)16(24-14)15-12-7-3-4-8-13(12)21-17(15)22/h1-8,14H,9H2,(H,21,22)(H3,19,20,23)/b16-15+. The van der Waals surface area contributed by atoms with Gasteiger partial charge < -0.3 is 21.1 Å². The Morgan fingerprint density at radius 1 is 1.12 bits per heavy atom. The third kappa shape index (κ3) is 2.20. The molecule has 1 unspecified atom stereocenters. The molecule has 4 rings (SSSR count). The Labute approximate surface area is 138 Å². The van der Waals surface area contributed by atoms with Crippen LogP contribution in [0.1, 0.15) is 22.8 Å². The van der Waals surface area contributed by atoms with Crippen molar-refractivity contribution in [2.45, 2.75) is 6.10 Å². The summed E-state index contributed by atoms with van der Waals surface area (Å²) in [7, 11) is 0. The Hall–Kier alpha value is -3.28. The van der Waals surface area contributed by atoms with Gasteiger partial charge in [-0.2, -0.15) is 0 Å². The van der Waals surface area contributed by atoms with Gasteiger partial charge in [0.15, 0.2) is 0 Å². The van der Waals surface area contributed by atoms with Gasteiger partial charge in [-0.15, -0.1) is 0 Å². The Bertz CT molecular complexity index is 889. The van der Waals surface area contributed by atoms with Crippen LogP contribution in [-0.2, 0) is 9.53 Å².